The summed E-state index contributed by atoms with van der Waals surface area (Å²) in [6.07, 6.45) is 11.1. The Labute approximate surface area is 205 Å². The van der Waals surface area contributed by atoms with Crippen molar-refractivity contribution < 1.29 is 14.0 Å². The summed E-state index contributed by atoms with van der Waals surface area (Å²) in [4.78, 5) is 34.3. The van der Waals surface area contributed by atoms with Crippen LogP contribution in [-0.4, -0.2) is 36.2 Å². The van der Waals surface area contributed by atoms with Crippen molar-refractivity contribution >= 4 is 34.9 Å². The number of amides is 4. The summed E-state index contributed by atoms with van der Waals surface area (Å²) in [6, 6.07) is 6.04. The van der Waals surface area contributed by atoms with Gasteiger partial charge in [-0.3, -0.25) is 9.80 Å². The van der Waals surface area contributed by atoms with Crippen molar-refractivity contribution in [3.8, 4) is 0 Å². The quantitative estimate of drug-likeness (QED) is 0.519. The average Bonchev–Trinajstić information content (AvgIpc) is 3.40. The van der Waals surface area contributed by atoms with Crippen LogP contribution in [0.25, 0.3) is 0 Å². The molecule has 2 aliphatic carbocycles. The number of fused-ring (bicyclic) bond motifs is 1. The molecule has 5 rings (SSSR count). The summed E-state index contributed by atoms with van der Waals surface area (Å²) in [7, 11) is 1.81. The lowest BCUT2D eigenvalue weighted by atomic mass is 9.96. The van der Waals surface area contributed by atoms with Crippen LogP contribution in [0.4, 0.5) is 36.9 Å². The maximum atomic E-state index is 14.6. The maximum Gasteiger partial charge on any atom is 0.329 e. The smallest absolute Gasteiger partial charge is 0.329 e. The number of benzene rings is 1. The van der Waals surface area contributed by atoms with Crippen molar-refractivity contribution in [3.63, 3.8) is 0 Å². The predicted molar refractivity (Wildman–Crippen MR) is 136 cm³/mol. The first-order chi connectivity index (χ1) is 17.0. The highest BCUT2D eigenvalue weighted by Gasteiger charge is 2.37. The summed E-state index contributed by atoms with van der Waals surface area (Å²) in [6.45, 7) is 0.327. The van der Waals surface area contributed by atoms with E-state index in [1.165, 1.54) is 12.5 Å². The molecule has 1 aromatic carbocycles. The van der Waals surface area contributed by atoms with E-state index in [9.17, 15) is 14.0 Å². The van der Waals surface area contributed by atoms with Crippen molar-refractivity contribution in [1.29, 1.82) is 0 Å². The third-order valence-electron chi connectivity index (χ3n) is 7.38. The molecule has 2 aromatic rings. The minimum Gasteiger partial charge on any atom is -0.373 e. The third-order valence-corrected chi connectivity index (χ3v) is 7.38. The summed E-state index contributed by atoms with van der Waals surface area (Å²) >= 11 is 0. The van der Waals surface area contributed by atoms with Gasteiger partial charge in [0.25, 0.3) is 0 Å². The molecule has 0 atom stereocenters. The second kappa shape index (κ2) is 10.1. The lowest BCUT2D eigenvalue weighted by Crippen LogP contribution is -2.51. The summed E-state index contributed by atoms with van der Waals surface area (Å²) in [5.74, 6) is 0.177. The van der Waals surface area contributed by atoms with Crippen molar-refractivity contribution in [3.05, 3.63) is 41.8 Å². The van der Waals surface area contributed by atoms with Gasteiger partial charge in [-0.25, -0.2) is 19.0 Å². The van der Waals surface area contributed by atoms with Crippen LogP contribution < -0.4 is 25.8 Å². The number of nitrogens with one attached hydrogen (secondary N) is 3. The normalized spacial score (nSPS) is 19.0. The highest BCUT2D eigenvalue weighted by molar-refractivity contribution is 6.07. The van der Waals surface area contributed by atoms with Gasteiger partial charge in [0.2, 0.25) is 0 Å². The number of aromatic nitrogens is 1. The Bertz CT molecular complexity index is 1100. The van der Waals surface area contributed by atoms with E-state index < -0.39 is 11.8 Å². The number of carbonyl (C=O) groups is 2. The van der Waals surface area contributed by atoms with Crippen LogP contribution in [-0.2, 0) is 6.54 Å². The fourth-order valence-corrected chi connectivity index (χ4v) is 5.51. The van der Waals surface area contributed by atoms with Gasteiger partial charge < -0.3 is 16.0 Å². The van der Waals surface area contributed by atoms with Gasteiger partial charge in [-0.05, 0) is 43.9 Å². The average molecular weight is 481 g/mol. The fourth-order valence-electron chi connectivity index (χ4n) is 5.51. The lowest BCUT2D eigenvalue weighted by molar-refractivity contribution is 0.244. The molecule has 35 heavy (non-hydrogen) atoms. The predicted octanol–water partition coefficient (Wildman–Crippen LogP) is 5.61. The number of hydrogen-bond acceptors (Lipinski definition) is 4. The monoisotopic (exact) mass is 480 g/mol. The first kappa shape index (κ1) is 23.4. The van der Waals surface area contributed by atoms with Gasteiger partial charge in [-0.15, -0.1) is 0 Å². The highest BCUT2D eigenvalue weighted by atomic mass is 19.1. The number of halogens is 1. The zero-order valence-corrected chi connectivity index (χ0v) is 20.1. The number of urea groups is 2. The molecule has 2 fully saturated rings. The van der Waals surface area contributed by atoms with Gasteiger partial charge in [0.15, 0.2) is 0 Å². The number of pyridine rings is 1. The molecule has 0 saturated heterocycles. The molecule has 3 N–H and O–H groups in total. The molecule has 3 aliphatic rings. The van der Waals surface area contributed by atoms with E-state index in [-0.39, 0.29) is 23.8 Å². The largest absolute Gasteiger partial charge is 0.373 e. The van der Waals surface area contributed by atoms with Crippen molar-refractivity contribution in [1.82, 2.24) is 10.3 Å². The van der Waals surface area contributed by atoms with E-state index in [2.05, 4.69) is 20.9 Å². The molecule has 2 heterocycles. The Morgan fingerprint density at radius 3 is 2.54 bits per heavy atom. The van der Waals surface area contributed by atoms with E-state index in [1.54, 1.807) is 23.2 Å². The Morgan fingerprint density at radius 2 is 1.80 bits per heavy atom. The molecule has 0 radical (unpaired) electrons. The number of anilines is 4. The molecule has 0 bridgehead atoms. The Morgan fingerprint density at radius 1 is 1.06 bits per heavy atom. The van der Waals surface area contributed by atoms with Crippen molar-refractivity contribution in [2.24, 2.45) is 0 Å². The summed E-state index contributed by atoms with van der Waals surface area (Å²) in [5.41, 5.74) is 2.41. The van der Waals surface area contributed by atoms with Gasteiger partial charge in [0.1, 0.15) is 11.6 Å². The second-order valence-corrected chi connectivity index (χ2v) is 9.72. The minimum absolute atomic E-state index is 0.0606. The van der Waals surface area contributed by atoms with Crippen LogP contribution in [0.1, 0.15) is 63.4 Å². The van der Waals surface area contributed by atoms with Gasteiger partial charge in [-0.2, -0.15) is 0 Å². The molecule has 2 saturated carbocycles. The van der Waals surface area contributed by atoms with Gasteiger partial charge in [-0.1, -0.05) is 32.1 Å². The number of rotatable bonds is 5. The van der Waals surface area contributed by atoms with Crippen LogP contribution in [0.3, 0.4) is 0 Å². The van der Waals surface area contributed by atoms with E-state index in [0.29, 0.717) is 18.1 Å². The second-order valence-electron chi connectivity index (χ2n) is 9.72. The maximum absolute atomic E-state index is 14.6. The topological polar surface area (TPSA) is 89.6 Å². The van der Waals surface area contributed by atoms with Crippen LogP contribution in [0.15, 0.2) is 30.5 Å². The van der Waals surface area contributed by atoms with E-state index in [0.717, 1.165) is 62.6 Å². The first-order valence-corrected chi connectivity index (χ1v) is 12.7. The molecule has 1 aliphatic heterocycles. The highest BCUT2D eigenvalue weighted by Crippen LogP contribution is 2.38. The van der Waals surface area contributed by atoms with E-state index in [4.69, 9.17) is 0 Å². The molecule has 186 valence electrons. The SMILES string of the molecule is CNc1cc2c(cn1)CN(c1ccc(F)c(NC(=O)NC3CCCCC3)c1)C(=O)N2C1CCCC1. The van der Waals surface area contributed by atoms with Crippen molar-refractivity contribution in [2.45, 2.75) is 76.4 Å². The molecule has 9 heteroatoms. The molecule has 0 spiro atoms. The van der Waals surface area contributed by atoms with Crippen LogP contribution in [0, 0.1) is 5.82 Å². The van der Waals surface area contributed by atoms with Gasteiger partial charge in [0.05, 0.1) is 17.9 Å². The lowest BCUT2D eigenvalue weighted by Gasteiger charge is -2.40. The Balaban J connectivity index is 1.40. The summed E-state index contributed by atoms with van der Waals surface area (Å²) in [5, 5.41) is 8.66. The number of carbonyl (C=O) groups excluding carboxylic acids is 2. The molecule has 0 unspecified atom stereocenters. The van der Waals surface area contributed by atoms with Crippen molar-refractivity contribution in [2.75, 3.05) is 27.5 Å². The van der Waals surface area contributed by atoms with Gasteiger partial charge >= 0.3 is 12.1 Å². The van der Waals surface area contributed by atoms with E-state index in [1.807, 2.05) is 18.0 Å². The standard InChI is InChI=1S/C26H33FN6O2/c1-28-24-14-23-17(15-29-24)16-32(26(35)33(23)19-9-5-6-10-19)20-11-12-21(27)22(13-20)31-25(34)30-18-7-3-2-4-8-18/h11-15,18-19H,2-10,16H2,1H3,(H,28,29)(H2,30,31,34). The van der Waals surface area contributed by atoms with Gasteiger partial charge in [0, 0.05) is 42.6 Å². The molecule has 4 amide bonds. The van der Waals surface area contributed by atoms with Crippen LogP contribution in [0.5, 0.6) is 0 Å². The Hall–Kier alpha value is -3.36. The minimum atomic E-state index is -0.537. The number of nitrogens with zero attached hydrogens (tertiary/aromatic N) is 3. The molecule has 1 aromatic heterocycles. The zero-order valence-electron chi connectivity index (χ0n) is 20.1. The zero-order chi connectivity index (χ0) is 24.4. The third kappa shape index (κ3) is 4.90. The fraction of sp³-hybridized carbons (Fsp3) is 0.500. The number of hydrogen-bond donors (Lipinski definition) is 3. The first-order valence-electron chi connectivity index (χ1n) is 12.7. The molecular formula is C26H33FN6O2. The molecule has 8 nitrogen and oxygen atoms in total. The van der Waals surface area contributed by atoms with E-state index >= 15 is 0 Å². The molecular weight excluding hydrogens is 447 g/mol. The summed E-state index contributed by atoms with van der Waals surface area (Å²) < 4.78 is 14.6. The van der Waals surface area contributed by atoms with Crippen LogP contribution >= 0.6 is 0 Å². The Kier molecular flexibility index (Phi) is 6.74. The van der Waals surface area contributed by atoms with Crippen LogP contribution in [0.2, 0.25) is 0 Å².